The predicted octanol–water partition coefficient (Wildman–Crippen LogP) is 2.46. The zero-order chi connectivity index (χ0) is 19.5. The first-order valence-electron chi connectivity index (χ1n) is 10.2. The summed E-state index contributed by atoms with van der Waals surface area (Å²) >= 11 is 0. The largest absolute Gasteiger partial charge is 0.331 e. The first-order chi connectivity index (χ1) is 13.6. The smallest absolute Gasteiger partial charge is 0.319 e. The highest BCUT2D eigenvalue weighted by Gasteiger charge is 2.40. The summed E-state index contributed by atoms with van der Waals surface area (Å²) in [5, 5.41) is 3.65. The van der Waals surface area contributed by atoms with Gasteiger partial charge in [0.05, 0.1) is 0 Å². The molecule has 1 N–H and O–H groups in total. The van der Waals surface area contributed by atoms with Crippen molar-refractivity contribution in [3.63, 3.8) is 0 Å². The van der Waals surface area contributed by atoms with Crippen LogP contribution in [-0.4, -0.2) is 79.6 Å². The van der Waals surface area contributed by atoms with E-state index in [1.807, 2.05) is 19.0 Å². The van der Waals surface area contributed by atoms with E-state index in [1.165, 1.54) is 11.1 Å². The van der Waals surface area contributed by atoms with Gasteiger partial charge in [0.2, 0.25) is 0 Å². The minimum atomic E-state index is 0.115. The molecule has 2 aliphatic heterocycles. The second-order valence-electron chi connectivity index (χ2n) is 8.04. The van der Waals surface area contributed by atoms with Crippen LogP contribution in [0.1, 0.15) is 17.0 Å². The molecule has 2 aromatic carbocycles. The monoisotopic (exact) mass is 378 g/mol. The second kappa shape index (κ2) is 8.33. The molecule has 5 heteroatoms. The van der Waals surface area contributed by atoms with Crippen LogP contribution < -0.4 is 5.32 Å². The molecule has 0 aliphatic carbocycles. The zero-order valence-corrected chi connectivity index (χ0v) is 16.8. The number of benzene rings is 2. The molecule has 2 aromatic rings. The van der Waals surface area contributed by atoms with Gasteiger partial charge in [0.15, 0.2) is 0 Å². The minimum absolute atomic E-state index is 0.115. The molecule has 2 heterocycles. The standard InChI is InChI=1S/C23H30N4O/c1-25(2)23(28)26-13-14-27-20(17-26)15-24-16-21(27)22(18-9-5-3-6-10-18)19-11-7-4-8-12-19/h3-12,20-22,24H,13-17H2,1-2H3. The van der Waals surface area contributed by atoms with Gasteiger partial charge in [-0.05, 0) is 11.1 Å². The summed E-state index contributed by atoms with van der Waals surface area (Å²) in [6.45, 7) is 4.40. The average Bonchev–Trinajstić information content (AvgIpc) is 2.74. The number of hydrogen-bond donors (Lipinski definition) is 1. The Balaban J connectivity index is 1.62. The normalized spacial score (nSPS) is 22.8. The molecule has 5 nitrogen and oxygen atoms in total. The number of urea groups is 1. The third kappa shape index (κ3) is 3.77. The van der Waals surface area contributed by atoms with Crippen molar-refractivity contribution in [2.24, 2.45) is 0 Å². The third-order valence-electron chi connectivity index (χ3n) is 6.04. The predicted molar refractivity (Wildman–Crippen MR) is 113 cm³/mol. The fourth-order valence-electron chi connectivity index (χ4n) is 4.73. The quantitative estimate of drug-likeness (QED) is 0.892. The van der Waals surface area contributed by atoms with Crippen LogP contribution in [0, 0.1) is 0 Å². The maximum Gasteiger partial charge on any atom is 0.319 e. The Hall–Kier alpha value is -2.37. The lowest BCUT2D eigenvalue weighted by atomic mass is 9.82. The van der Waals surface area contributed by atoms with Crippen LogP contribution in [0.5, 0.6) is 0 Å². The lowest BCUT2D eigenvalue weighted by molar-refractivity contribution is 0.0231. The van der Waals surface area contributed by atoms with Gasteiger partial charge in [0, 0.05) is 64.8 Å². The fraction of sp³-hybridized carbons (Fsp3) is 0.435. The van der Waals surface area contributed by atoms with Crippen molar-refractivity contribution < 1.29 is 4.79 Å². The number of hydrogen-bond acceptors (Lipinski definition) is 3. The summed E-state index contributed by atoms with van der Waals surface area (Å²) in [6, 6.07) is 22.5. The third-order valence-corrected chi connectivity index (χ3v) is 6.04. The highest BCUT2D eigenvalue weighted by atomic mass is 16.2. The fourth-order valence-corrected chi connectivity index (χ4v) is 4.73. The Bertz CT molecular complexity index is 740. The van der Waals surface area contributed by atoms with E-state index in [1.54, 1.807) is 4.90 Å². The van der Waals surface area contributed by atoms with Crippen molar-refractivity contribution in [2.75, 3.05) is 46.8 Å². The number of piperazine rings is 2. The zero-order valence-electron chi connectivity index (χ0n) is 16.8. The number of rotatable bonds is 3. The van der Waals surface area contributed by atoms with Gasteiger partial charge in [0.25, 0.3) is 0 Å². The van der Waals surface area contributed by atoms with Gasteiger partial charge in [-0.3, -0.25) is 4.90 Å². The van der Waals surface area contributed by atoms with Gasteiger partial charge in [0.1, 0.15) is 0 Å². The Kier molecular flexibility index (Phi) is 5.64. The molecule has 148 valence electrons. The van der Waals surface area contributed by atoms with Gasteiger partial charge in [-0.25, -0.2) is 4.79 Å². The maximum atomic E-state index is 12.4. The van der Waals surface area contributed by atoms with Crippen LogP contribution in [0.15, 0.2) is 60.7 Å². The van der Waals surface area contributed by atoms with Gasteiger partial charge in [-0.1, -0.05) is 60.7 Å². The van der Waals surface area contributed by atoms with Crippen LogP contribution >= 0.6 is 0 Å². The van der Waals surface area contributed by atoms with Gasteiger partial charge >= 0.3 is 6.03 Å². The number of nitrogens with zero attached hydrogens (tertiary/aromatic N) is 3. The Labute approximate surface area is 167 Å². The number of carbonyl (C=O) groups excluding carboxylic acids is 1. The van der Waals surface area contributed by atoms with Crippen LogP contribution in [0.4, 0.5) is 4.79 Å². The molecule has 2 fully saturated rings. The highest BCUT2D eigenvalue weighted by molar-refractivity contribution is 5.74. The second-order valence-corrected chi connectivity index (χ2v) is 8.04. The topological polar surface area (TPSA) is 38.8 Å². The molecule has 2 saturated heterocycles. The highest BCUT2D eigenvalue weighted by Crippen LogP contribution is 2.33. The summed E-state index contributed by atoms with van der Waals surface area (Å²) in [7, 11) is 3.66. The van der Waals surface area contributed by atoms with Gasteiger partial charge in [-0.15, -0.1) is 0 Å². The van der Waals surface area contributed by atoms with Crippen LogP contribution in [0.3, 0.4) is 0 Å². The number of fused-ring (bicyclic) bond motifs is 1. The summed E-state index contributed by atoms with van der Waals surface area (Å²) < 4.78 is 0. The molecule has 0 saturated carbocycles. The number of nitrogens with one attached hydrogen (secondary N) is 1. The van der Waals surface area contributed by atoms with Crippen molar-refractivity contribution in [1.29, 1.82) is 0 Å². The first-order valence-corrected chi connectivity index (χ1v) is 10.2. The van der Waals surface area contributed by atoms with Crippen molar-refractivity contribution >= 4 is 6.03 Å². The average molecular weight is 379 g/mol. The SMILES string of the molecule is CN(C)C(=O)N1CCN2C(CNCC2C(c2ccccc2)c2ccccc2)C1. The van der Waals surface area contributed by atoms with Crippen LogP contribution in [0.25, 0.3) is 0 Å². The van der Waals surface area contributed by atoms with Crippen molar-refractivity contribution in [3.05, 3.63) is 71.8 Å². The lowest BCUT2D eigenvalue weighted by Gasteiger charge is -2.51. The van der Waals surface area contributed by atoms with E-state index in [0.717, 1.165) is 32.7 Å². The van der Waals surface area contributed by atoms with E-state index >= 15 is 0 Å². The number of carbonyl (C=O) groups is 1. The van der Waals surface area contributed by atoms with Crippen molar-refractivity contribution in [1.82, 2.24) is 20.0 Å². The van der Waals surface area contributed by atoms with E-state index in [2.05, 4.69) is 70.9 Å². The van der Waals surface area contributed by atoms with Crippen LogP contribution in [0.2, 0.25) is 0 Å². The summed E-state index contributed by atoms with van der Waals surface area (Å²) in [5.74, 6) is 0.314. The molecule has 2 aliphatic rings. The minimum Gasteiger partial charge on any atom is -0.331 e. The summed E-state index contributed by atoms with van der Waals surface area (Å²) in [4.78, 5) is 18.8. The Morgan fingerprint density at radius 1 is 0.964 bits per heavy atom. The van der Waals surface area contributed by atoms with Crippen LogP contribution in [-0.2, 0) is 0 Å². The molecule has 4 rings (SSSR count). The number of amides is 2. The molecule has 2 amide bonds. The molecule has 2 atom stereocenters. The van der Waals surface area contributed by atoms with Crippen molar-refractivity contribution in [3.8, 4) is 0 Å². The Morgan fingerprint density at radius 3 is 2.14 bits per heavy atom. The molecule has 0 aromatic heterocycles. The van der Waals surface area contributed by atoms with E-state index in [9.17, 15) is 4.79 Å². The van der Waals surface area contributed by atoms with E-state index < -0.39 is 0 Å². The maximum absolute atomic E-state index is 12.4. The molecular weight excluding hydrogens is 348 g/mol. The van der Waals surface area contributed by atoms with E-state index in [4.69, 9.17) is 0 Å². The lowest BCUT2D eigenvalue weighted by Crippen LogP contribution is -2.67. The van der Waals surface area contributed by atoms with Gasteiger partial charge < -0.3 is 15.1 Å². The molecule has 0 spiro atoms. The first kappa shape index (κ1) is 19.0. The van der Waals surface area contributed by atoms with Gasteiger partial charge in [-0.2, -0.15) is 0 Å². The van der Waals surface area contributed by atoms with E-state index in [-0.39, 0.29) is 6.03 Å². The van der Waals surface area contributed by atoms with E-state index in [0.29, 0.717) is 18.0 Å². The summed E-state index contributed by atoms with van der Waals surface area (Å²) in [6.07, 6.45) is 0. The van der Waals surface area contributed by atoms with Crippen molar-refractivity contribution in [2.45, 2.75) is 18.0 Å². The molecule has 0 radical (unpaired) electrons. The Morgan fingerprint density at radius 2 is 1.57 bits per heavy atom. The molecular formula is C23H30N4O. The molecule has 2 unspecified atom stereocenters. The summed E-state index contributed by atoms with van der Waals surface area (Å²) in [5.41, 5.74) is 2.71. The molecule has 0 bridgehead atoms. The molecule has 28 heavy (non-hydrogen) atoms.